The van der Waals surface area contributed by atoms with Crippen molar-refractivity contribution in [3.05, 3.63) is 51.6 Å². The maximum absolute atomic E-state index is 12.4. The van der Waals surface area contributed by atoms with Crippen LogP contribution in [0.1, 0.15) is 0 Å². The molecule has 2 aromatic carbocycles. The van der Waals surface area contributed by atoms with Gasteiger partial charge in [-0.15, -0.1) is 12.6 Å². The smallest absolute Gasteiger partial charge is 0.208 e. The number of nitrogen functional groups attached to an aromatic ring is 1. The molecule has 0 amide bonds. The van der Waals surface area contributed by atoms with Gasteiger partial charge >= 0.3 is 0 Å². The number of fused-ring (bicyclic) bond motifs is 4. The number of nitrogens with zero attached hydrogens (tertiary/aromatic N) is 1. The zero-order valence-corrected chi connectivity index (χ0v) is 12.8. The summed E-state index contributed by atoms with van der Waals surface area (Å²) >= 11 is 10.5. The van der Waals surface area contributed by atoms with Crippen LogP contribution in [-0.4, -0.2) is 4.98 Å². The van der Waals surface area contributed by atoms with E-state index >= 15 is 0 Å². The van der Waals surface area contributed by atoms with Crippen molar-refractivity contribution in [2.24, 2.45) is 0 Å². The highest BCUT2D eigenvalue weighted by atomic mass is 35.5. The molecule has 0 unspecified atom stereocenters. The molecule has 0 bridgehead atoms. The molecule has 0 saturated heterocycles. The van der Waals surface area contributed by atoms with E-state index in [-0.39, 0.29) is 16.2 Å². The fraction of sp³-hybridized carbons (Fsp3) is 0. The number of anilines is 1. The van der Waals surface area contributed by atoms with E-state index in [0.717, 1.165) is 0 Å². The van der Waals surface area contributed by atoms with Crippen molar-refractivity contribution in [2.45, 2.75) is 4.90 Å². The van der Waals surface area contributed by atoms with Gasteiger partial charge < -0.3 is 10.2 Å². The normalized spacial score (nSPS) is 11.5. The molecule has 0 aromatic heterocycles. The molecule has 0 radical (unpaired) electrons. The predicted molar refractivity (Wildman–Crippen MR) is 91.1 cm³/mol. The molecule has 2 aliphatic rings. The van der Waals surface area contributed by atoms with E-state index in [0.29, 0.717) is 38.1 Å². The first-order chi connectivity index (χ1) is 10.6. The Hall–Kier alpha value is -2.24. The Balaban J connectivity index is 2.32. The van der Waals surface area contributed by atoms with Crippen LogP contribution < -0.4 is 11.2 Å². The van der Waals surface area contributed by atoms with E-state index in [1.54, 1.807) is 24.3 Å². The third-order valence-electron chi connectivity index (χ3n) is 3.57. The zero-order valence-electron chi connectivity index (χ0n) is 11.1. The molecule has 4 nitrogen and oxygen atoms in total. The molecular formula is C16H9ClN2O2S. The SMILES string of the molecule is Nc1cc(S)cc2oc3c(Cl)c(=O)c4ccccc4c-3nc12. The summed E-state index contributed by atoms with van der Waals surface area (Å²) < 4.78 is 5.80. The van der Waals surface area contributed by atoms with Gasteiger partial charge in [0.2, 0.25) is 5.43 Å². The lowest BCUT2D eigenvalue weighted by atomic mass is 10.0. The Morgan fingerprint density at radius 3 is 2.68 bits per heavy atom. The average Bonchev–Trinajstić information content (AvgIpc) is 2.51. The highest BCUT2D eigenvalue weighted by molar-refractivity contribution is 7.80. The molecule has 22 heavy (non-hydrogen) atoms. The van der Waals surface area contributed by atoms with Crippen LogP contribution in [-0.2, 0) is 0 Å². The lowest BCUT2D eigenvalue weighted by Gasteiger charge is -2.12. The Kier molecular flexibility index (Phi) is 2.82. The van der Waals surface area contributed by atoms with Crippen LogP contribution in [0.25, 0.3) is 33.3 Å². The average molecular weight is 329 g/mol. The summed E-state index contributed by atoms with van der Waals surface area (Å²) in [5.74, 6) is 0.260. The van der Waals surface area contributed by atoms with Crippen molar-refractivity contribution in [3.8, 4) is 11.5 Å². The van der Waals surface area contributed by atoms with Gasteiger partial charge in [0.15, 0.2) is 11.3 Å². The van der Waals surface area contributed by atoms with Gasteiger partial charge in [-0.05, 0) is 12.1 Å². The van der Waals surface area contributed by atoms with E-state index in [1.807, 2.05) is 12.1 Å². The highest BCUT2D eigenvalue weighted by Crippen LogP contribution is 2.36. The number of benzene rings is 3. The predicted octanol–water partition coefficient (Wildman–Crippen LogP) is 3.97. The first-order valence-electron chi connectivity index (χ1n) is 6.49. The second kappa shape index (κ2) is 4.63. The molecule has 2 N–H and O–H groups in total. The summed E-state index contributed by atoms with van der Waals surface area (Å²) in [6.07, 6.45) is 0. The standard InChI is InChI=1S/C16H9ClN2O2S/c17-12-15(20)9-4-2-1-3-8(9)13-16(12)21-11-6-7(22)5-10(18)14(11)19-13/h1-6,22H,18H2. The van der Waals surface area contributed by atoms with E-state index in [9.17, 15) is 4.79 Å². The second-order valence-electron chi connectivity index (χ2n) is 4.96. The number of thiol groups is 1. The first kappa shape index (κ1) is 13.4. The van der Waals surface area contributed by atoms with Crippen LogP contribution in [0.15, 0.2) is 50.5 Å². The Labute approximate surface area is 135 Å². The van der Waals surface area contributed by atoms with Crippen molar-refractivity contribution in [3.63, 3.8) is 0 Å². The summed E-state index contributed by atoms with van der Waals surface area (Å²) in [7, 11) is 0. The molecule has 6 heteroatoms. The third-order valence-corrected chi connectivity index (χ3v) is 4.17. The lowest BCUT2D eigenvalue weighted by molar-refractivity contribution is 0.613. The molecule has 1 aliphatic heterocycles. The Bertz CT molecular complexity index is 1090. The topological polar surface area (TPSA) is 69.1 Å². The zero-order chi connectivity index (χ0) is 15.4. The Morgan fingerprint density at radius 1 is 1.18 bits per heavy atom. The number of hydrogen-bond donors (Lipinski definition) is 2. The minimum absolute atomic E-state index is 0.0197. The van der Waals surface area contributed by atoms with Crippen LogP contribution >= 0.6 is 24.2 Å². The summed E-state index contributed by atoms with van der Waals surface area (Å²) in [5.41, 5.74) is 7.66. The number of hydrogen-bond acceptors (Lipinski definition) is 5. The number of halogens is 1. The van der Waals surface area contributed by atoms with Crippen LogP contribution in [0.3, 0.4) is 0 Å². The van der Waals surface area contributed by atoms with Crippen LogP contribution in [0.5, 0.6) is 0 Å². The van der Waals surface area contributed by atoms with E-state index in [2.05, 4.69) is 17.6 Å². The number of nitrogens with two attached hydrogens (primary N) is 1. The Morgan fingerprint density at radius 2 is 1.91 bits per heavy atom. The molecular weight excluding hydrogens is 320 g/mol. The van der Waals surface area contributed by atoms with E-state index < -0.39 is 0 Å². The van der Waals surface area contributed by atoms with E-state index in [4.69, 9.17) is 21.8 Å². The fourth-order valence-corrected chi connectivity index (χ4v) is 3.06. The molecule has 0 atom stereocenters. The first-order valence-corrected chi connectivity index (χ1v) is 7.32. The van der Waals surface area contributed by atoms with Crippen LogP contribution in [0, 0.1) is 0 Å². The molecule has 2 aromatic rings. The van der Waals surface area contributed by atoms with Gasteiger partial charge in [0, 0.05) is 15.7 Å². The minimum atomic E-state index is -0.273. The van der Waals surface area contributed by atoms with Gasteiger partial charge in [-0.25, -0.2) is 4.98 Å². The number of aromatic nitrogens is 1. The van der Waals surface area contributed by atoms with Crippen molar-refractivity contribution >= 4 is 51.8 Å². The van der Waals surface area contributed by atoms with Crippen molar-refractivity contribution in [1.29, 1.82) is 0 Å². The molecule has 0 fully saturated rings. The van der Waals surface area contributed by atoms with Crippen molar-refractivity contribution in [2.75, 3.05) is 5.73 Å². The van der Waals surface area contributed by atoms with Gasteiger partial charge in [0.05, 0.1) is 5.69 Å². The van der Waals surface area contributed by atoms with Crippen molar-refractivity contribution in [1.82, 2.24) is 4.98 Å². The quantitative estimate of drug-likeness (QED) is 0.222. The van der Waals surface area contributed by atoms with Gasteiger partial charge in [0.1, 0.15) is 16.2 Å². The van der Waals surface area contributed by atoms with Crippen molar-refractivity contribution < 1.29 is 4.42 Å². The van der Waals surface area contributed by atoms with Gasteiger partial charge in [-0.3, -0.25) is 4.79 Å². The van der Waals surface area contributed by atoms with Crippen LogP contribution in [0.2, 0.25) is 5.02 Å². The summed E-state index contributed by atoms with van der Waals surface area (Å²) in [6.45, 7) is 0. The van der Waals surface area contributed by atoms with Crippen LogP contribution in [0.4, 0.5) is 5.69 Å². The minimum Gasteiger partial charge on any atom is -0.451 e. The molecule has 108 valence electrons. The summed E-state index contributed by atoms with van der Waals surface area (Å²) in [5, 5.41) is 1.21. The molecule has 4 rings (SSSR count). The monoisotopic (exact) mass is 328 g/mol. The molecule has 1 aliphatic carbocycles. The van der Waals surface area contributed by atoms with Gasteiger partial charge in [0.25, 0.3) is 0 Å². The van der Waals surface area contributed by atoms with E-state index in [1.165, 1.54) is 0 Å². The molecule has 0 saturated carbocycles. The lowest BCUT2D eigenvalue weighted by Crippen LogP contribution is -2.07. The fourth-order valence-electron chi connectivity index (χ4n) is 2.57. The second-order valence-corrected chi connectivity index (χ2v) is 5.86. The maximum atomic E-state index is 12.4. The molecule has 0 spiro atoms. The maximum Gasteiger partial charge on any atom is 0.208 e. The molecule has 1 heterocycles. The highest BCUT2D eigenvalue weighted by Gasteiger charge is 2.21. The van der Waals surface area contributed by atoms with Gasteiger partial charge in [-0.1, -0.05) is 35.9 Å². The summed E-state index contributed by atoms with van der Waals surface area (Å²) in [4.78, 5) is 17.6. The third kappa shape index (κ3) is 1.79. The van der Waals surface area contributed by atoms with Gasteiger partial charge in [-0.2, -0.15) is 0 Å². The number of rotatable bonds is 0. The summed E-state index contributed by atoms with van der Waals surface area (Å²) in [6, 6.07) is 10.5. The largest absolute Gasteiger partial charge is 0.451 e.